The van der Waals surface area contributed by atoms with Crippen molar-refractivity contribution in [1.29, 1.82) is 0 Å². The standard InChI is InChI=1S/C14H16Cl2N2O/c1-2-18-9-10(8-17-18)6-11(19)7-12-13(15)4-3-5-14(12)16/h3-5,8-9,11,19H,2,6-7H2,1H3. The van der Waals surface area contributed by atoms with Crippen LogP contribution >= 0.6 is 23.2 Å². The van der Waals surface area contributed by atoms with Gasteiger partial charge >= 0.3 is 0 Å². The molecule has 2 rings (SSSR count). The Labute approximate surface area is 122 Å². The Morgan fingerprint density at radius 1 is 1.26 bits per heavy atom. The van der Waals surface area contributed by atoms with E-state index in [1.54, 1.807) is 24.4 Å². The summed E-state index contributed by atoms with van der Waals surface area (Å²) < 4.78 is 1.84. The fourth-order valence-corrected chi connectivity index (χ4v) is 2.54. The van der Waals surface area contributed by atoms with Crippen LogP contribution in [0.5, 0.6) is 0 Å². The zero-order chi connectivity index (χ0) is 13.8. The van der Waals surface area contributed by atoms with Crippen LogP contribution in [0.2, 0.25) is 10.0 Å². The van der Waals surface area contributed by atoms with E-state index < -0.39 is 6.10 Å². The summed E-state index contributed by atoms with van der Waals surface area (Å²) in [6, 6.07) is 5.36. The largest absolute Gasteiger partial charge is 0.392 e. The van der Waals surface area contributed by atoms with E-state index in [1.165, 1.54) is 0 Å². The van der Waals surface area contributed by atoms with Crippen molar-refractivity contribution >= 4 is 23.2 Å². The van der Waals surface area contributed by atoms with Crippen molar-refractivity contribution in [3.63, 3.8) is 0 Å². The minimum absolute atomic E-state index is 0.440. The van der Waals surface area contributed by atoms with Crippen molar-refractivity contribution in [2.75, 3.05) is 0 Å². The maximum Gasteiger partial charge on any atom is 0.0623 e. The highest BCUT2D eigenvalue weighted by Crippen LogP contribution is 2.26. The van der Waals surface area contributed by atoms with Gasteiger partial charge < -0.3 is 5.11 Å². The van der Waals surface area contributed by atoms with Crippen LogP contribution in [0.15, 0.2) is 30.6 Å². The lowest BCUT2D eigenvalue weighted by Gasteiger charge is -2.12. The van der Waals surface area contributed by atoms with Crippen molar-refractivity contribution in [1.82, 2.24) is 9.78 Å². The normalized spacial score (nSPS) is 12.6. The van der Waals surface area contributed by atoms with Crippen LogP contribution in [-0.4, -0.2) is 21.0 Å². The number of nitrogens with zero attached hydrogens (tertiary/aromatic N) is 2. The van der Waals surface area contributed by atoms with Crippen LogP contribution in [0, 0.1) is 0 Å². The average molecular weight is 299 g/mol. The molecule has 0 radical (unpaired) electrons. The van der Waals surface area contributed by atoms with Crippen LogP contribution in [0.3, 0.4) is 0 Å². The third-order valence-corrected chi connectivity index (χ3v) is 3.69. The fourth-order valence-electron chi connectivity index (χ4n) is 1.99. The number of benzene rings is 1. The summed E-state index contributed by atoms with van der Waals surface area (Å²) >= 11 is 12.2. The number of aryl methyl sites for hydroxylation is 1. The number of rotatable bonds is 5. The van der Waals surface area contributed by atoms with E-state index in [4.69, 9.17) is 23.2 Å². The van der Waals surface area contributed by atoms with E-state index in [1.807, 2.05) is 17.8 Å². The number of hydrogen-bond acceptors (Lipinski definition) is 2. The van der Waals surface area contributed by atoms with E-state index in [2.05, 4.69) is 5.10 Å². The summed E-state index contributed by atoms with van der Waals surface area (Å²) in [5, 5.41) is 15.5. The molecule has 1 aromatic carbocycles. The van der Waals surface area contributed by atoms with E-state index in [-0.39, 0.29) is 0 Å². The molecule has 3 nitrogen and oxygen atoms in total. The van der Waals surface area contributed by atoms with Crippen LogP contribution in [-0.2, 0) is 19.4 Å². The van der Waals surface area contributed by atoms with Gasteiger partial charge in [-0.15, -0.1) is 0 Å². The molecule has 19 heavy (non-hydrogen) atoms. The number of aliphatic hydroxyl groups is 1. The minimum Gasteiger partial charge on any atom is -0.392 e. The van der Waals surface area contributed by atoms with E-state index in [0.717, 1.165) is 17.7 Å². The second-order valence-corrected chi connectivity index (χ2v) is 5.28. The third-order valence-electron chi connectivity index (χ3n) is 2.98. The first-order valence-electron chi connectivity index (χ1n) is 6.22. The Balaban J connectivity index is 2.03. The van der Waals surface area contributed by atoms with Gasteiger partial charge in [0.25, 0.3) is 0 Å². The molecule has 1 heterocycles. The quantitative estimate of drug-likeness (QED) is 0.919. The summed E-state index contributed by atoms with van der Waals surface area (Å²) in [5.74, 6) is 0. The molecule has 0 aliphatic rings. The van der Waals surface area contributed by atoms with Crippen LogP contribution < -0.4 is 0 Å². The molecule has 0 fully saturated rings. The van der Waals surface area contributed by atoms with Gasteiger partial charge in [0.15, 0.2) is 0 Å². The molecule has 1 aromatic heterocycles. The maximum atomic E-state index is 10.1. The number of aliphatic hydroxyl groups excluding tert-OH is 1. The highest BCUT2D eigenvalue weighted by molar-refractivity contribution is 6.35. The van der Waals surface area contributed by atoms with Crippen molar-refractivity contribution in [3.8, 4) is 0 Å². The Bertz CT molecular complexity index is 534. The number of aromatic nitrogens is 2. The minimum atomic E-state index is -0.521. The first-order chi connectivity index (χ1) is 9.10. The lowest BCUT2D eigenvalue weighted by atomic mass is 10.0. The van der Waals surface area contributed by atoms with Gasteiger partial charge in [-0.1, -0.05) is 29.3 Å². The molecule has 0 aliphatic carbocycles. The second kappa shape index (κ2) is 6.42. The van der Waals surface area contributed by atoms with Gasteiger partial charge in [0.1, 0.15) is 0 Å². The Kier molecular flexibility index (Phi) is 4.86. The molecule has 0 bridgehead atoms. The highest BCUT2D eigenvalue weighted by Gasteiger charge is 2.13. The van der Waals surface area contributed by atoms with Crippen molar-refractivity contribution < 1.29 is 5.11 Å². The maximum absolute atomic E-state index is 10.1. The first-order valence-corrected chi connectivity index (χ1v) is 6.98. The van der Waals surface area contributed by atoms with Crippen molar-refractivity contribution in [3.05, 3.63) is 51.8 Å². The van der Waals surface area contributed by atoms with Gasteiger partial charge in [-0.05, 0) is 30.2 Å². The van der Waals surface area contributed by atoms with Crippen LogP contribution in [0.4, 0.5) is 0 Å². The van der Waals surface area contributed by atoms with Gasteiger partial charge in [0.05, 0.1) is 12.3 Å². The summed E-state index contributed by atoms with van der Waals surface area (Å²) in [5.41, 5.74) is 1.80. The molecule has 1 unspecified atom stereocenters. The topological polar surface area (TPSA) is 38.0 Å². The summed E-state index contributed by atoms with van der Waals surface area (Å²) in [4.78, 5) is 0. The SMILES string of the molecule is CCn1cc(CC(O)Cc2c(Cl)cccc2Cl)cn1. The zero-order valence-electron chi connectivity index (χ0n) is 10.7. The van der Waals surface area contributed by atoms with E-state index >= 15 is 0 Å². The molecule has 2 aromatic rings. The Hall–Kier alpha value is -1.03. The molecule has 0 saturated carbocycles. The molecule has 1 N–H and O–H groups in total. The van der Waals surface area contributed by atoms with E-state index in [9.17, 15) is 5.11 Å². The highest BCUT2D eigenvalue weighted by atomic mass is 35.5. The molecule has 0 spiro atoms. The average Bonchev–Trinajstić information content (AvgIpc) is 2.81. The molecule has 0 aliphatic heterocycles. The van der Waals surface area contributed by atoms with Crippen molar-refractivity contribution in [2.24, 2.45) is 0 Å². The van der Waals surface area contributed by atoms with Crippen LogP contribution in [0.25, 0.3) is 0 Å². The molecule has 0 amide bonds. The Morgan fingerprint density at radius 3 is 2.53 bits per heavy atom. The molecular formula is C14H16Cl2N2O. The van der Waals surface area contributed by atoms with Crippen LogP contribution in [0.1, 0.15) is 18.1 Å². The lowest BCUT2D eigenvalue weighted by molar-refractivity contribution is 0.175. The molecule has 1 atom stereocenters. The molecule has 102 valence electrons. The van der Waals surface area contributed by atoms with Gasteiger partial charge in [-0.3, -0.25) is 4.68 Å². The smallest absolute Gasteiger partial charge is 0.0623 e. The van der Waals surface area contributed by atoms with Gasteiger partial charge in [-0.2, -0.15) is 5.10 Å². The monoisotopic (exact) mass is 298 g/mol. The second-order valence-electron chi connectivity index (χ2n) is 4.47. The third kappa shape index (κ3) is 3.72. The molecular weight excluding hydrogens is 283 g/mol. The first kappa shape index (κ1) is 14.4. The fraction of sp³-hybridized carbons (Fsp3) is 0.357. The summed E-state index contributed by atoms with van der Waals surface area (Å²) in [6.07, 6.45) is 4.18. The molecule has 5 heteroatoms. The van der Waals surface area contributed by atoms with Gasteiger partial charge in [0, 0.05) is 35.6 Å². The van der Waals surface area contributed by atoms with Crippen molar-refractivity contribution in [2.45, 2.75) is 32.4 Å². The van der Waals surface area contributed by atoms with E-state index in [0.29, 0.717) is 22.9 Å². The number of halogens is 2. The number of hydrogen-bond donors (Lipinski definition) is 1. The van der Waals surface area contributed by atoms with Gasteiger partial charge in [-0.25, -0.2) is 0 Å². The predicted octanol–water partition coefficient (Wildman–Crippen LogP) is 3.36. The molecule has 0 saturated heterocycles. The zero-order valence-corrected chi connectivity index (χ0v) is 12.2. The van der Waals surface area contributed by atoms with Gasteiger partial charge in [0.2, 0.25) is 0 Å². The predicted molar refractivity (Wildman–Crippen MR) is 77.8 cm³/mol. The summed E-state index contributed by atoms with van der Waals surface area (Å²) in [6.45, 7) is 2.85. The summed E-state index contributed by atoms with van der Waals surface area (Å²) in [7, 11) is 0. The Morgan fingerprint density at radius 2 is 1.95 bits per heavy atom. The lowest BCUT2D eigenvalue weighted by Crippen LogP contribution is -2.14.